The van der Waals surface area contributed by atoms with Crippen LogP contribution >= 0.6 is 11.6 Å². The van der Waals surface area contributed by atoms with E-state index in [9.17, 15) is 4.79 Å². The summed E-state index contributed by atoms with van der Waals surface area (Å²) >= 11 is 5.90. The maximum absolute atomic E-state index is 12.1. The fourth-order valence-corrected chi connectivity index (χ4v) is 2.40. The summed E-state index contributed by atoms with van der Waals surface area (Å²) in [5, 5.41) is 7.36. The third-order valence-corrected chi connectivity index (χ3v) is 3.79. The Morgan fingerprint density at radius 2 is 2.00 bits per heavy atom. The van der Waals surface area contributed by atoms with Crippen LogP contribution in [0, 0.1) is 0 Å². The predicted molar refractivity (Wildman–Crippen MR) is 91.9 cm³/mol. The highest BCUT2D eigenvalue weighted by molar-refractivity contribution is 6.30. The number of rotatable bonds is 5. The molecule has 24 heavy (non-hydrogen) atoms. The summed E-state index contributed by atoms with van der Waals surface area (Å²) in [6, 6.07) is 16.4. The number of nitrogens with one attached hydrogen (secondary N) is 1. The van der Waals surface area contributed by atoms with Crippen molar-refractivity contribution in [3.05, 3.63) is 71.1 Å². The van der Waals surface area contributed by atoms with Gasteiger partial charge in [0.2, 0.25) is 11.7 Å². The molecule has 1 aromatic heterocycles. The van der Waals surface area contributed by atoms with Crippen LogP contribution in [0.4, 0.5) is 0 Å². The van der Waals surface area contributed by atoms with Crippen LogP contribution in [0.2, 0.25) is 5.02 Å². The monoisotopic (exact) mass is 341 g/mol. The quantitative estimate of drug-likeness (QED) is 0.763. The van der Waals surface area contributed by atoms with Crippen LogP contribution in [0.25, 0.3) is 11.4 Å². The number of benzene rings is 2. The number of aromatic nitrogens is 2. The van der Waals surface area contributed by atoms with Gasteiger partial charge in [-0.05, 0) is 18.2 Å². The predicted octanol–water partition coefficient (Wildman–Crippen LogP) is 3.92. The number of hydrogen-bond acceptors (Lipinski definition) is 4. The van der Waals surface area contributed by atoms with Gasteiger partial charge in [-0.2, -0.15) is 4.98 Å². The molecule has 1 heterocycles. The maximum atomic E-state index is 12.1. The van der Waals surface area contributed by atoms with Gasteiger partial charge < -0.3 is 9.84 Å². The molecule has 0 radical (unpaired) electrons. The minimum absolute atomic E-state index is 0.0990. The number of halogens is 1. The van der Waals surface area contributed by atoms with Crippen molar-refractivity contribution in [2.75, 3.05) is 6.54 Å². The first-order valence-electron chi connectivity index (χ1n) is 7.56. The SMILES string of the molecule is CC(CNC(=O)c1cccc(Cl)c1)c1nc(-c2ccccc2)no1. The van der Waals surface area contributed by atoms with Gasteiger partial charge in [0.05, 0.1) is 5.92 Å². The van der Waals surface area contributed by atoms with E-state index in [-0.39, 0.29) is 11.8 Å². The molecule has 0 fully saturated rings. The average Bonchev–Trinajstić information content (AvgIpc) is 3.10. The second-order valence-electron chi connectivity index (χ2n) is 5.44. The Labute approximate surface area is 144 Å². The summed E-state index contributed by atoms with van der Waals surface area (Å²) in [4.78, 5) is 16.5. The normalized spacial score (nSPS) is 11.9. The third kappa shape index (κ3) is 3.81. The van der Waals surface area contributed by atoms with E-state index in [1.54, 1.807) is 24.3 Å². The van der Waals surface area contributed by atoms with Crippen molar-refractivity contribution in [2.24, 2.45) is 0 Å². The first-order valence-corrected chi connectivity index (χ1v) is 7.94. The minimum atomic E-state index is -0.188. The van der Waals surface area contributed by atoms with E-state index in [2.05, 4.69) is 15.5 Å². The molecule has 0 bridgehead atoms. The van der Waals surface area contributed by atoms with Crippen molar-refractivity contribution >= 4 is 17.5 Å². The van der Waals surface area contributed by atoms with Gasteiger partial charge in [-0.1, -0.05) is 60.1 Å². The van der Waals surface area contributed by atoms with Crippen LogP contribution in [0.1, 0.15) is 29.1 Å². The van der Waals surface area contributed by atoms with Crippen LogP contribution in [0.3, 0.4) is 0 Å². The van der Waals surface area contributed by atoms with Gasteiger partial charge in [0.15, 0.2) is 0 Å². The molecule has 0 spiro atoms. The van der Waals surface area contributed by atoms with Crippen LogP contribution in [-0.4, -0.2) is 22.6 Å². The van der Waals surface area contributed by atoms with Crippen molar-refractivity contribution < 1.29 is 9.32 Å². The first-order chi connectivity index (χ1) is 11.6. The molecule has 6 heteroatoms. The smallest absolute Gasteiger partial charge is 0.251 e. The molecular formula is C18H16ClN3O2. The largest absolute Gasteiger partial charge is 0.351 e. The van der Waals surface area contributed by atoms with E-state index in [1.165, 1.54) is 0 Å². The Balaban J connectivity index is 1.62. The van der Waals surface area contributed by atoms with Gasteiger partial charge in [-0.15, -0.1) is 0 Å². The molecule has 0 aliphatic carbocycles. The number of carbonyl (C=O) groups is 1. The van der Waals surface area contributed by atoms with Gasteiger partial charge in [0, 0.05) is 22.7 Å². The van der Waals surface area contributed by atoms with E-state index in [0.717, 1.165) is 5.56 Å². The molecule has 0 saturated carbocycles. The summed E-state index contributed by atoms with van der Waals surface area (Å²) in [6.45, 7) is 2.31. The van der Waals surface area contributed by atoms with Crippen molar-refractivity contribution in [1.29, 1.82) is 0 Å². The summed E-state index contributed by atoms with van der Waals surface area (Å²) in [5.41, 5.74) is 1.41. The highest BCUT2D eigenvalue weighted by atomic mass is 35.5. The second-order valence-corrected chi connectivity index (χ2v) is 5.88. The van der Waals surface area contributed by atoms with Crippen LogP contribution < -0.4 is 5.32 Å². The number of hydrogen-bond donors (Lipinski definition) is 1. The average molecular weight is 342 g/mol. The molecule has 0 saturated heterocycles. The van der Waals surface area contributed by atoms with Crippen molar-refractivity contribution in [2.45, 2.75) is 12.8 Å². The fourth-order valence-electron chi connectivity index (χ4n) is 2.20. The second kappa shape index (κ2) is 7.27. The molecule has 1 N–H and O–H groups in total. The van der Waals surface area contributed by atoms with Crippen molar-refractivity contribution in [3.63, 3.8) is 0 Å². The molecule has 3 rings (SSSR count). The van der Waals surface area contributed by atoms with Gasteiger partial charge in [0.25, 0.3) is 5.91 Å². The molecule has 0 aliphatic heterocycles. The lowest BCUT2D eigenvalue weighted by Crippen LogP contribution is -2.27. The Kier molecular flexibility index (Phi) is 4.91. The number of amides is 1. The van der Waals surface area contributed by atoms with Gasteiger partial charge in [-0.3, -0.25) is 4.79 Å². The van der Waals surface area contributed by atoms with Crippen molar-refractivity contribution in [1.82, 2.24) is 15.5 Å². The van der Waals surface area contributed by atoms with E-state index in [1.807, 2.05) is 37.3 Å². The molecule has 1 unspecified atom stereocenters. The zero-order valence-corrected chi connectivity index (χ0v) is 13.8. The minimum Gasteiger partial charge on any atom is -0.351 e. The molecule has 1 atom stereocenters. The van der Waals surface area contributed by atoms with Gasteiger partial charge >= 0.3 is 0 Å². The number of carbonyl (C=O) groups excluding carboxylic acids is 1. The summed E-state index contributed by atoms with van der Waals surface area (Å²) in [5.74, 6) is 0.740. The molecule has 3 aromatic rings. The Bertz CT molecular complexity index is 833. The van der Waals surface area contributed by atoms with E-state index >= 15 is 0 Å². The maximum Gasteiger partial charge on any atom is 0.251 e. The highest BCUT2D eigenvalue weighted by Gasteiger charge is 2.16. The molecular weight excluding hydrogens is 326 g/mol. The third-order valence-electron chi connectivity index (χ3n) is 3.55. The van der Waals surface area contributed by atoms with Crippen LogP contribution in [0.15, 0.2) is 59.1 Å². The molecule has 2 aromatic carbocycles. The van der Waals surface area contributed by atoms with E-state index < -0.39 is 0 Å². The summed E-state index contributed by atoms with van der Waals surface area (Å²) < 4.78 is 5.30. The van der Waals surface area contributed by atoms with Crippen LogP contribution in [-0.2, 0) is 0 Å². The lowest BCUT2D eigenvalue weighted by atomic mass is 10.1. The standard InChI is InChI=1S/C18H16ClN3O2/c1-12(11-20-17(23)14-8-5-9-15(19)10-14)18-21-16(22-24-18)13-6-3-2-4-7-13/h2-10,12H,11H2,1H3,(H,20,23). The highest BCUT2D eigenvalue weighted by Crippen LogP contribution is 2.19. The topological polar surface area (TPSA) is 68.0 Å². The molecule has 122 valence electrons. The van der Waals surface area contributed by atoms with Crippen LogP contribution in [0.5, 0.6) is 0 Å². The lowest BCUT2D eigenvalue weighted by molar-refractivity contribution is 0.0950. The molecule has 5 nitrogen and oxygen atoms in total. The zero-order chi connectivity index (χ0) is 16.9. The summed E-state index contributed by atoms with van der Waals surface area (Å²) in [7, 11) is 0. The summed E-state index contributed by atoms with van der Waals surface area (Å²) in [6.07, 6.45) is 0. The van der Waals surface area contributed by atoms with Gasteiger partial charge in [-0.25, -0.2) is 0 Å². The van der Waals surface area contributed by atoms with Gasteiger partial charge in [0.1, 0.15) is 0 Å². The van der Waals surface area contributed by atoms with Crippen molar-refractivity contribution in [3.8, 4) is 11.4 Å². The molecule has 1 amide bonds. The Hall–Kier alpha value is -2.66. The Morgan fingerprint density at radius 3 is 2.75 bits per heavy atom. The lowest BCUT2D eigenvalue weighted by Gasteiger charge is -2.09. The Morgan fingerprint density at radius 1 is 1.21 bits per heavy atom. The molecule has 0 aliphatic rings. The number of nitrogens with zero attached hydrogens (tertiary/aromatic N) is 2. The van der Waals surface area contributed by atoms with E-state index in [0.29, 0.717) is 28.8 Å². The fraction of sp³-hybridized carbons (Fsp3) is 0.167. The zero-order valence-electron chi connectivity index (χ0n) is 13.1. The van der Waals surface area contributed by atoms with E-state index in [4.69, 9.17) is 16.1 Å². The first kappa shape index (κ1) is 16.2.